The Morgan fingerprint density at radius 1 is 1.23 bits per heavy atom. The third-order valence-corrected chi connectivity index (χ3v) is 6.86. The maximum absolute atomic E-state index is 12.9. The zero-order valence-electron chi connectivity index (χ0n) is 17.6. The fraction of sp³-hybridized carbons (Fsp3) is 0.478. The molecular formula is C23H27N5O3. The highest BCUT2D eigenvalue weighted by atomic mass is 16.2. The molecule has 2 aliphatic heterocycles. The van der Waals surface area contributed by atoms with Crippen LogP contribution in [0.5, 0.6) is 0 Å². The lowest BCUT2D eigenvalue weighted by atomic mass is 9.87. The molecule has 5 rings (SSSR count). The molecule has 2 atom stereocenters. The van der Waals surface area contributed by atoms with Gasteiger partial charge in [0.25, 0.3) is 5.91 Å². The van der Waals surface area contributed by atoms with Gasteiger partial charge in [0, 0.05) is 37.5 Å². The number of amides is 4. The zero-order valence-corrected chi connectivity index (χ0v) is 17.6. The van der Waals surface area contributed by atoms with Gasteiger partial charge in [-0.05, 0) is 44.2 Å². The fourth-order valence-electron chi connectivity index (χ4n) is 5.00. The molecule has 2 saturated heterocycles. The van der Waals surface area contributed by atoms with Crippen LogP contribution in [0.1, 0.15) is 32.6 Å². The Morgan fingerprint density at radius 3 is 2.74 bits per heavy atom. The lowest BCUT2D eigenvalue weighted by molar-refractivity contribution is -0.133. The summed E-state index contributed by atoms with van der Waals surface area (Å²) in [7, 11) is 0. The van der Waals surface area contributed by atoms with Crippen LogP contribution in [-0.4, -0.2) is 58.9 Å². The van der Waals surface area contributed by atoms with Gasteiger partial charge in [-0.25, -0.2) is 4.79 Å². The van der Waals surface area contributed by atoms with Crippen molar-refractivity contribution >= 4 is 34.4 Å². The molecule has 8 nitrogen and oxygen atoms in total. The quantitative estimate of drug-likeness (QED) is 0.721. The number of rotatable bonds is 5. The highest BCUT2D eigenvalue weighted by molar-refractivity contribution is 6.07. The van der Waals surface area contributed by atoms with E-state index in [0.717, 1.165) is 36.0 Å². The SMILES string of the molecule is C[C@H]1CN(C(=O)CCC2(C3CC3)NC(=O)NC2=O)CCN1c1cnc2ccccc2c1. The highest BCUT2D eigenvalue weighted by Gasteiger charge is 2.55. The van der Waals surface area contributed by atoms with Crippen molar-refractivity contribution in [2.24, 2.45) is 5.92 Å². The van der Waals surface area contributed by atoms with E-state index in [-0.39, 0.29) is 30.2 Å². The maximum Gasteiger partial charge on any atom is 0.322 e. The molecule has 2 aromatic rings. The minimum absolute atomic E-state index is 0.0390. The largest absolute Gasteiger partial charge is 0.364 e. The molecule has 0 bridgehead atoms. The Morgan fingerprint density at radius 2 is 2.03 bits per heavy atom. The minimum atomic E-state index is -0.906. The first kappa shape index (κ1) is 19.8. The number of imide groups is 1. The molecule has 2 N–H and O–H groups in total. The van der Waals surface area contributed by atoms with Gasteiger partial charge >= 0.3 is 6.03 Å². The Hall–Kier alpha value is -3.16. The van der Waals surface area contributed by atoms with E-state index in [1.165, 1.54) is 0 Å². The van der Waals surface area contributed by atoms with Crippen molar-refractivity contribution in [2.45, 2.75) is 44.2 Å². The topological polar surface area (TPSA) is 94.6 Å². The Labute approximate surface area is 181 Å². The summed E-state index contributed by atoms with van der Waals surface area (Å²) in [5, 5.41) is 6.26. The smallest absolute Gasteiger partial charge is 0.322 e. The average Bonchev–Trinajstić information content (AvgIpc) is 3.57. The van der Waals surface area contributed by atoms with Crippen LogP contribution in [-0.2, 0) is 9.59 Å². The van der Waals surface area contributed by atoms with Crippen molar-refractivity contribution in [3.05, 3.63) is 36.5 Å². The highest BCUT2D eigenvalue weighted by Crippen LogP contribution is 2.43. The van der Waals surface area contributed by atoms with Crippen molar-refractivity contribution in [1.82, 2.24) is 20.5 Å². The fourth-order valence-corrected chi connectivity index (χ4v) is 5.00. The van der Waals surface area contributed by atoms with Gasteiger partial charge in [0.15, 0.2) is 0 Å². The number of nitrogens with one attached hydrogen (secondary N) is 2. The van der Waals surface area contributed by atoms with Crippen molar-refractivity contribution in [2.75, 3.05) is 24.5 Å². The summed E-state index contributed by atoms with van der Waals surface area (Å²) in [5.41, 5.74) is 1.13. The first-order valence-corrected chi connectivity index (χ1v) is 11.0. The van der Waals surface area contributed by atoms with Gasteiger partial charge in [-0.15, -0.1) is 0 Å². The molecule has 8 heteroatoms. The molecule has 3 aliphatic rings. The number of hydrogen-bond acceptors (Lipinski definition) is 5. The van der Waals surface area contributed by atoms with E-state index in [1.54, 1.807) is 0 Å². The molecule has 3 heterocycles. The van der Waals surface area contributed by atoms with Crippen molar-refractivity contribution < 1.29 is 14.4 Å². The summed E-state index contributed by atoms with van der Waals surface area (Å²) in [6.45, 7) is 4.11. The number of hydrogen-bond donors (Lipinski definition) is 2. The molecule has 1 aromatic carbocycles. The molecule has 31 heavy (non-hydrogen) atoms. The molecule has 1 aliphatic carbocycles. The standard InChI is InChI=1S/C23H27N5O3/c1-15-14-27(10-11-28(15)18-12-16-4-2-3-5-19(16)24-13-18)20(29)8-9-23(17-6-7-17)21(30)25-22(31)26-23/h2-5,12-13,15,17H,6-11,14H2,1H3,(H2,25,26,30,31)/t15-,23?/m0/s1. The number of benzene rings is 1. The lowest BCUT2D eigenvalue weighted by Gasteiger charge is -2.41. The van der Waals surface area contributed by atoms with Crippen molar-refractivity contribution in [3.63, 3.8) is 0 Å². The summed E-state index contributed by atoms with van der Waals surface area (Å²) in [6, 6.07) is 9.91. The summed E-state index contributed by atoms with van der Waals surface area (Å²) in [6.07, 6.45) is 4.34. The summed E-state index contributed by atoms with van der Waals surface area (Å²) >= 11 is 0. The van der Waals surface area contributed by atoms with Gasteiger partial charge in [-0.3, -0.25) is 19.9 Å². The van der Waals surface area contributed by atoms with Crippen molar-refractivity contribution in [1.29, 1.82) is 0 Å². The molecule has 1 aromatic heterocycles. The van der Waals surface area contributed by atoms with E-state index in [0.29, 0.717) is 19.5 Å². The van der Waals surface area contributed by atoms with Crippen LogP contribution in [0.2, 0.25) is 0 Å². The molecule has 0 radical (unpaired) electrons. The molecule has 0 spiro atoms. The number of carbonyl (C=O) groups is 3. The van der Waals surface area contributed by atoms with Crippen LogP contribution in [0.3, 0.4) is 0 Å². The molecule has 1 saturated carbocycles. The number of urea groups is 1. The van der Waals surface area contributed by atoms with Gasteiger partial charge in [0.05, 0.1) is 17.4 Å². The zero-order chi connectivity index (χ0) is 21.6. The summed E-state index contributed by atoms with van der Waals surface area (Å²) < 4.78 is 0. The molecule has 3 fully saturated rings. The van der Waals surface area contributed by atoms with Gasteiger partial charge in [-0.2, -0.15) is 0 Å². The Kier molecular flexibility index (Phi) is 4.79. The van der Waals surface area contributed by atoms with E-state index in [4.69, 9.17) is 0 Å². The molecule has 162 valence electrons. The second-order valence-corrected chi connectivity index (χ2v) is 8.92. The lowest BCUT2D eigenvalue weighted by Crippen LogP contribution is -2.54. The monoisotopic (exact) mass is 421 g/mol. The van der Waals surface area contributed by atoms with Crippen molar-refractivity contribution in [3.8, 4) is 0 Å². The predicted molar refractivity (Wildman–Crippen MR) is 116 cm³/mol. The summed E-state index contributed by atoms with van der Waals surface area (Å²) in [4.78, 5) is 45.8. The van der Waals surface area contributed by atoms with E-state index in [2.05, 4.69) is 39.6 Å². The van der Waals surface area contributed by atoms with Crippen LogP contribution in [0, 0.1) is 5.92 Å². The van der Waals surface area contributed by atoms with Crippen LogP contribution in [0.15, 0.2) is 36.5 Å². The number of nitrogens with zero attached hydrogens (tertiary/aromatic N) is 3. The first-order chi connectivity index (χ1) is 15.0. The van der Waals surface area contributed by atoms with Gasteiger partial charge in [0.1, 0.15) is 5.54 Å². The Bertz CT molecular complexity index is 1050. The predicted octanol–water partition coefficient (Wildman–Crippen LogP) is 2.04. The molecule has 4 amide bonds. The first-order valence-electron chi connectivity index (χ1n) is 11.0. The number of anilines is 1. The number of pyridine rings is 1. The van der Waals surface area contributed by atoms with Gasteiger partial charge < -0.3 is 15.1 Å². The van der Waals surface area contributed by atoms with E-state index in [1.807, 2.05) is 29.3 Å². The summed E-state index contributed by atoms with van der Waals surface area (Å²) in [5.74, 6) is -0.102. The van der Waals surface area contributed by atoms with Gasteiger partial charge in [-0.1, -0.05) is 18.2 Å². The van der Waals surface area contributed by atoms with Crippen LogP contribution >= 0.6 is 0 Å². The third kappa shape index (κ3) is 3.60. The average molecular weight is 422 g/mol. The molecule has 1 unspecified atom stereocenters. The van der Waals surface area contributed by atoms with E-state index >= 15 is 0 Å². The Balaban J connectivity index is 1.22. The number of piperazine rings is 1. The van der Waals surface area contributed by atoms with E-state index < -0.39 is 11.6 Å². The third-order valence-electron chi connectivity index (χ3n) is 6.86. The van der Waals surface area contributed by atoms with Crippen LogP contribution in [0.25, 0.3) is 10.9 Å². The normalized spacial score (nSPS) is 26.2. The number of para-hydroxylation sites is 1. The minimum Gasteiger partial charge on any atom is -0.364 e. The van der Waals surface area contributed by atoms with Gasteiger partial charge in [0.2, 0.25) is 5.91 Å². The van der Waals surface area contributed by atoms with E-state index in [9.17, 15) is 14.4 Å². The van der Waals surface area contributed by atoms with Crippen LogP contribution < -0.4 is 15.5 Å². The number of aromatic nitrogens is 1. The second kappa shape index (κ2) is 7.51. The molecular weight excluding hydrogens is 394 g/mol. The second-order valence-electron chi connectivity index (χ2n) is 8.92. The van der Waals surface area contributed by atoms with Crippen LogP contribution in [0.4, 0.5) is 10.5 Å². The maximum atomic E-state index is 12.9. The number of carbonyl (C=O) groups excluding carboxylic acids is 3. The number of fused-ring (bicyclic) bond motifs is 1.